The molecular weight excluding hydrogens is 212 g/mol. The maximum atomic E-state index is 5.38. The number of benzene rings is 2. The van der Waals surface area contributed by atoms with E-state index >= 15 is 0 Å². The van der Waals surface area contributed by atoms with Crippen molar-refractivity contribution in [2.75, 3.05) is 0 Å². The van der Waals surface area contributed by atoms with E-state index in [1.54, 1.807) is 0 Å². The summed E-state index contributed by atoms with van der Waals surface area (Å²) in [5.74, 6) is 0. The molecule has 1 heteroatoms. The lowest BCUT2D eigenvalue weighted by Crippen LogP contribution is -1.91. The van der Waals surface area contributed by atoms with Gasteiger partial charge in [-0.05, 0) is 36.1 Å². The molecule has 0 spiro atoms. The largest absolute Gasteiger partial charge is 0.0856 e. The lowest BCUT2D eigenvalue weighted by molar-refractivity contribution is 1.11. The van der Waals surface area contributed by atoms with E-state index in [0.717, 1.165) is 0 Å². The fourth-order valence-electron chi connectivity index (χ4n) is 1.97. The predicted octanol–water partition coefficient (Wildman–Crippen LogP) is 4.92. The Morgan fingerprint density at radius 1 is 0.875 bits per heavy atom. The van der Waals surface area contributed by atoms with Crippen molar-refractivity contribution in [1.82, 2.24) is 0 Å². The monoisotopic (exact) mass is 227 g/mol. The summed E-state index contributed by atoms with van der Waals surface area (Å²) in [6.07, 6.45) is 0. The fourth-order valence-corrected chi connectivity index (χ4v) is 2.18. The van der Waals surface area contributed by atoms with Crippen LogP contribution >= 0.6 is 12.6 Å². The Kier molecular flexibility index (Phi) is 3.35. The van der Waals surface area contributed by atoms with Gasteiger partial charge in [-0.15, -0.1) is 0 Å². The highest BCUT2D eigenvalue weighted by Gasteiger charge is 2.09. The van der Waals surface area contributed by atoms with E-state index in [-0.39, 0.29) is 5.25 Å². The van der Waals surface area contributed by atoms with Crippen LogP contribution in [0.1, 0.15) is 23.3 Å². The first-order valence-electron chi connectivity index (χ1n) is 5.51. The van der Waals surface area contributed by atoms with Gasteiger partial charge in [0.15, 0.2) is 0 Å². The van der Waals surface area contributed by atoms with Crippen molar-refractivity contribution in [1.29, 1.82) is 0 Å². The standard InChI is InChI=1S/C15H15S/c1-11-7-3-4-8-13(11)15-10-6-5-9-14(15)12(2)16/h3-10,12H,1-2H3. The molecule has 0 saturated heterocycles. The maximum Gasteiger partial charge on any atom is 0.0379 e. The molecule has 16 heavy (non-hydrogen) atoms. The third-order valence-corrected chi connectivity index (χ3v) is 3.09. The summed E-state index contributed by atoms with van der Waals surface area (Å²) < 4.78 is 0. The van der Waals surface area contributed by atoms with E-state index in [4.69, 9.17) is 12.6 Å². The zero-order valence-corrected chi connectivity index (χ0v) is 10.4. The SMILES string of the molecule is Cc1ccccc1-c1ccccc1C(C)[S]. The second-order valence-corrected chi connectivity index (χ2v) is 4.75. The molecular formula is C15H15S. The van der Waals surface area contributed by atoms with Crippen molar-refractivity contribution in [3.63, 3.8) is 0 Å². The Bertz CT molecular complexity index is 486. The summed E-state index contributed by atoms with van der Waals surface area (Å²) in [6, 6.07) is 16.8. The zero-order chi connectivity index (χ0) is 11.5. The second kappa shape index (κ2) is 4.75. The molecule has 2 aromatic carbocycles. The first-order chi connectivity index (χ1) is 7.70. The van der Waals surface area contributed by atoms with E-state index < -0.39 is 0 Å². The third kappa shape index (κ3) is 2.14. The molecule has 0 aliphatic heterocycles. The number of hydrogen-bond acceptors (Lipinski definition) is 0. The van der Waals surface area contributed by atoms with E-state index in [9.17, 15) is 0 Å². The Morgan fingerprint density at radius 3 is 2.06 bits per heavy atom. The molecule has 0 bridgehead atoms. The number of rotatable bonds is 2. The van der Waals surface area contributed by atoms with E-state index in [2.05, 4.69) is 62.4 Å². The van der Waals surface area contributed by atoms with Crippen molar-refractivity contribution >= 4 is 12.6 Å². The van der Waals surface area contributed by atoms with Crippen LogP contribution < -0.4 is 0 Å². The van der Waals surface area contributed by atoms with Crippen LogP contribution in [-0.4, -0.2) is 0 Å². The Hall–Kier alpha value is -1.21. The molecule has 1 atom stereocenters. The highest BCUT2D eigenvalue weighted by Crippen LogP contribution is 2.32. The summed E-state index contributed by atoms with van der Waals surface area (Å²) in [4.78, 5) is 0. The Morgan fingerprint density at radius 2 is 1.44 bits per heavy atom. The van der Waals surface area contributed by atoms with Crippen molar-refractivity contribution in [2.45, 2.75) is 19.1 Å². The van der Waals surface area contributed by atoms with Gasteiger partial charge in [-0.2, -0.15) is 0 Å². The lowest BCUT2D eigenvalue weighted by atomic mass is 9.95. The molecule has 1 radical (unpaired) electrons. The van der Waals surface area contributed by atoms with Crippen LogP contribution in [0.4, 0.5) is 0 Å². The molecule has 0 heterocycles. The van der Waals surface area contributed by atoms with Gasteiger partial charge in [-0.1, -0.05) is 61.2 Å². The molecule has 0 aliphatic carbocycles. The van der Waals surface area contributed by atoms with Crippen molar-refractivity contribution in [2.24, 2.45) is 0 Å². The first-order valence-corrected chi connectivity index (χ1v) is 5.98. The normalized spacial score (nSPS) is 12.4. The summed E-state index contributed by atoms with van der Waals surface area (Å²) in [6.45, 7) is 4.20. The van der Waals surface area contributed by atoms with E-state index in [1.165, 1.54) is 22.3 Å². The molecule has 2 aromatic rings. The zero-order valence-electron chi connectivity index (χ0n) is 9.60. The third-order valence-electron chi connectivity index (χ3n) is 2.83. The molecule has 81 valence electrons. The lowest BCUT2D eigenvalue weighted by Gasteiger charge is -2.13. The number of aryl methyl sites for hydroxylation is 1. The summed E-state index contributed by atoms with van der Waals surface area (Å²) in [7, 11) is 0. The quantitative estimate of drug-likeness (QED) is 0.683. The van der Waals surface area contributed by atoms with Gasteiger partial charge in [0.05, 0.1) is 0 Å². The second-order valence-electron chi connectivity index (χ2n) is 4.04. The molecule has 0 amide bonds. The van der Waals surface area contributed by atoms with Gasteiger partial charge >= 0.3 is 0 Å². The minimum atomic E-state index is 0.149. The van der Waals surface area contributed by atoms with E-state index in [0.29, 0.717) is 0 Å². The molecule has 0 nitrogen and oxygen atoms in total. The molecule has 2 rings (SSSR count). The summed E-state index contributed by atoms with van der Waals surface area (Å²) >= 11 is 5.38. The van der Waals surface area contributed by atoms with Crippen LogP contribution in [0, 0.1) is 6.92 Å². The van der Waals surface area contributed by atoms with Crippen LogP contribution in [0.25, 0.3) is 11.1 Å². The number of hydrogen-bond donors (Lipinski definition) is 0. The summed E-state index contributed by atoms with van der Waals surface area (Å²) in [5.41, 5.74) is 5.09. The van der Waals surface area contributed by atoms with Gasteiger partial charge in [0, 0.05) is 5.25 Å². The summed E-state index contributed by atoms with van der Waals surface area (Å²) in [5, 5.41) is 0.149. The Labute approximate surface area is 103 Å². The average Bonchev–Trinajstić information content (AvgIpc) is 2.29. The topological polar surface area (TPSA) is 0 Å². The van der Waals surface area contributed by atoms with Crippen LogP contribution in [0.3, 0.4) is 0 Å². The van der Waals surface area contributed by atoms with Gasteiger partial charge in [-0.25, -0.2) is 0 Å². The van der Waals surface area contributed by atoms with Crippen LogP contribution in [0.5, 0.6) is 0 Å². The fraction of sp³-hybridized carbons (Fsp3) is 0.200. The Balaban J connectivity index is 2.60. The maximum absolute atomic E-state index is 5.38. The van der Waals surface area contributed by atoms with Crippen molar-refractivity contribution in [3.8, 4) is 11.1 Å². The smallest absolute Gasteiger partial charge is 0.0379 e. The van der Waals surface area contributed by atoms with Gasteiger partial charge in [0.2, 0.25) is 0 Å². The molecule has 0 aromatic heterocycles. The van der Waals surface area contributed by atoms with Crippen LogP contribution in [-0.2, 0) is 0 Å². The molecule has 0 aliphatic rings. The van der Waals surface area contributed by atoms with Crippen LogP contribution in [0.15, 0.2) is 48.5 Å². The molecule has 0 fully saturated rings. The first kappa shape index (κ1) is 11.3. The van der Waals surface area contributed by atoms with Gasteiger partial charge in [-0.3, -0.25) is 0 Å². The minimum absolute atomic E-state index is 0.149. The van der Waals surface area contributed by atoms with Crippen molar-refractivity contribution < 1.29 is 0 Å². The minimum Gasteiger partial charge on any atom is -0.0856 e. The predicted molar refractivity (Wildman–Crippen MR) is 72.6 cm³/mol. The van der Waals surface area contributed by atoms with Gasteiger partial charge in [0.25, 0.3) is 0 Å². The van der Waals surface area contributed by atoms with Gasteiger partial charge in [0.1, 0.15) is 0 Å². The highest BCUT2D eigenvalue weighted by atomic mass is 32.1. The van der Waals surface area contributed by atoms with Gasteiger partial charge < -0.3 is 0 Å². The molecule has 1 unspecified atom stereocenters. The van der Waals surface area contributed by atoms with E-state index in [1.807, 2.05) is 0 Å². The van der Waals surface area contributed by atoms with Crippen LogP contribution in [0.2, 0.25) is 0 Å². The van der Waals surface area contributed by atoms with Crippen molar-refractivity contribution in [3.05, 3.63) is 59.7 Å². The average molecular weight is 227 g/mol. The molecule has 0 N–H and O–H groups in total. The molecule has 0 saturated carbocycles. The highest BCUT2D eigenvalue weighted by molar-refractivity contribution is 7.80.